The summed E-state index contributed by atoms with van der Waals surface area (Å²) in [4.78, 5) is 3.86. The summed E-state index contributed by atoms with van der Waals surface area (Å²) in [5.74, 6) is 0.466. The summed E-state index contributed by atoms with van der Waals surface area (Å²) in [5, 5.41) is 9.21. The predicted octanol–water partition coefficient (Wildman–Crippen LogP) is 2.79. The van der Waals surface area contributed by atoms with Crippen LogP contribution in [0.5, 0.6) is 5.75 Å². The third-order valence-corrected chi connectivity index (χ3v) is 1.89. The van der Waals surface area contributed by atoms with Crippen molar-refractivity contribution in [2.45, 2.75) is 19.8 Å². The van der Waals surface area contributed by atoms with E-state index in [4.69, 9.17) is 21.6 Å². The highest BCUT2D eigenvalue weighted by Gasteiger charge is 2.04. The highest BCUT2D eigenvalue weighted by molar-refractivity contribution is 6.30. The Morgan fingerprint density at radius 1 is 1.64 bits per heavy atom. The maximum Gasteiger partial charge on any atom is 0.182 e. The van der Waals surface area contributed by atoms with E-state index in [1.54, 1.807) is 6.07 Å². The van der Waals surface area contributed by atoms with Crippen molar-refractivity contribution in [3.8, 4) is 11.8 Å². The van der Waals surface area contributed by atoms with Gasteiger partial charge in [0.25, 0.3) is 0 Å². The van der Waals surface area contributed by atoms with Gasteiger partial charge in [-0.1, -0.05) is 24.9 Å². The first kappa shape index (κ1) is 10.8. The predicted molar refractivity (Wildman–Crippen MR) is 54.4 cm³/mol. The van der Waals surface area contributed by atoms with Crippen LogP contribution in [0.15, 0.2) is 12.3 Å². The van der Waals surface area contributed by atoms with Gasteiger partial charge in [0.15, 0.2) is 11.4 Å². The summed E-state index contributed by atoms with van der Waals surface area (Å²) in [6.45, 7) is 2.66. The maximum atomic E-state index is 8.73. The molecular weight excluding hydrogens is 200 g/mol. The summed E-state index contributed by atoms with van der Waals surface area (Å²) in [7, 11) is 0. The minimum Gasteiger partial charge on any atom is -0.490 e. The van der Waals surface area contributed by atoms with Crippen molar-refractivity contribution in [2.24, 2.45) is 0 Å². The molecule has 0 saturated carbocycles. The van der Waals surface area contributed by atoms with Crippen molar-refractivity contribution < 1.29 is 4.74 Å². The molecule has 0 aromatic carbocycles. The van der Waals surface area contributed by atoms with Gasteiger partial charge >= 0.3 is 0 Å². The van der Waals surface area contributed by atoms with E-state index in [2.05, 4.69) is 11.9 Å². The normalized spacial score (nSPS) is 9.50. The molecule has 0 amide bonds. The Balaban J connectivity index is 2.73. The molecule has 0 aliphatic rings. The summed E-state index contributed by atoms with van der Waals surface area (Å²) in [5.41, 5.74) is 0.283. The van der Waals surface area contributed by atoms with Crippen LogP contribution in [0.4, 0.5) is 0 Å². The molecule has 4 heteroatoms. The number of hydrogen-bond acceptors (Lipinski definition) is 3. The fourth-order valence-corrected chi connectivity index (χ4v) is 1.09. The van der Waals surface area contributed by atoms with Gasteiger partial charge in [-0.2, -0.15) is 5.26 Å². The zero-order chi connectivity index (χ0) is 10.4. The summed E-state index contributed by atoms with van der Waals surface area (Å²) in [6.07, 6.45) is 3.44. The van der Waals surface area contributed by atoms with Crippen LogP contribution in [0.2, 0.25) is 5.02 Å². The number of rotatable bonds is 4. The third-order valence-electron chi connectivity index (χ3n) is 1.68. The summed E-state index contributed by atoms with van der Waals surface area (Å²) in [6, 6.07) is 3.57. The lowest BCUT2D eigenvalue weighted by Crippen LogP contribution is -1.99. The van der Waals surface area contributed by atoms with E-state index < -0.39 is 0 Å². The number of unbranched alkanes of at least 4 members (excludes halogenated alkanes) is 1. The van der Waals surface area contributed by atoms with Crippen molar-refractivity contribution in [1.82, 2.24) is 4.98 Å². The van der Waals surface area contributed by atoms with Crippen molar-refractivity contribution in [2.75, 3.05) is 6.61 Å². The molecule has 0 unspecified atom stereocenters. The Morgan fingerprint density at radius 3 is 3.07 bits per heavy atom. The average molecular weight is 211 g/mol. The maximum absolute atomic E-state index is 8.73. The zero-order valence-corrected chi connectivity index (χ0v) is 8.71. The molecule has 1 aromatic rings. The van der Waals surface area contributed by atoms with E-state index in [9.17, 15) is 0 Å². The van der Waals surface area contributed by atoms with Crippen LogP contribution in [0.25, 0.3) is 0 Å². The molecule has 1 rings (SSSR count). The lowest BCUT2D eigenvalue weighted by atomic mass is 10.3. The van der Waals surface area contributed by atoms with E-state index >= 15 is 0 Å². The van der Waals surface area contributed by atoms with Gasteiger partial charge in [-0.15, -0.1) is 0 Å². The fraction of sp³-hybridized carbons (Fsp3) is 0.400. The lowest BCUT2D eigenvalue weighted by molar-refractivity contribution is 0.307. The second kappa shape index (κ2) is 5.46. The van der Waals surface area contributed by atoms with Crippen molar-refractivity contribution in [3.05, 3.63) is 23.0 Å². The molecular formula is C10H11ClN2O. The van der Waals surface area contributed by atoms with E-state index in [0.717, 1.165) is 12.8 Å². The molecule has 1 heterocycles. The van der Waals surface area contributed by atoms with Crippen LogP contribution in [0, 0.1) is 11.3 Å². The van der Waals surface area contributed by atoms with Gasteiger partial charge in [0.05, 0.1) is 11.6 Å². The van der Waals surface area contributed by atoms with Crippen molar-refractivity contribution in [3.63, 3.8) is 0 Å². The topological polar surface area (TPSA) is 45.9 Å². The number of ether oxygens (including phenoxy) is 1. The molecule has 0 fully saturated rings. The number of hydrogen-bond donors (Lipinski definition) is 0. The number of nitriles is 1. The number of halogens is 1. The molecule has 0 atom stereocenters. The molecule has 74 valence electrons. The summed E-state index contributed by atoms with van der Waals surface area (Å²) >= 11 is 5.73. The molecule has 0 aliphatic heterocycles. The molecule has 14 heavy (non-hydrogen) atoms. The third kappa shape index (κ3) is 2.90. The number of aromatic nitrogens is 1. The van der Waals surface area contributed by atoms with E-state index in [1.807, 2.05) is 6.07 Å². The van der Waals surface area contributed by atoms with Gasteiger partial charge in [-0.05, 0) is 6.42 Å². The Kier molecular flexibility index (Phi) is 4.21. The first-order chi connectivity index (χ1) is 6.77. The Labute approximate surface area is 88.3 Å². The first-order valence-corrected chi connectivity index (χ1v) is 4.84. The van der Waals surface area contributed by atoms with Crippen molar-refractivity contribution >= 4 is 11.6 Å². The zero-order valence-electron chi connectivity index (χ0n) is 7.96. The molecule has 0 spiro atoms. The van der Waals surface area contributed by atoms with E-state index in [-0.39, 0.29) is 5.69 Å². The molecule has 0 bridgehead atoms. The number of nitrogens with zero attached hydrogens (tertiary/aromatic N) is 2. The van der Waals surface area contributed by atoms with Gasteiger partial charge in [0.2, 0.25) is 0 Å². The van der Waals surface area contributed by atoms with Crippen molar-refractivity contribution in [1.29, 1.82) is 5.26 Å². The molecule has 0 saturated heterocycles. The smallest absolute Gasteiger partial charge is 0.182 e. The first-order valence-electron chi connectivity index (χ1n) is 4.46. The van der Waals surface area contributed by atoms with Crippen LogP contribution in [-0.2, 0) is 0 Å². The molecule has 0 N–H and O–H groups in total. The van der Waals surface area contributed by atoms with Gasteiger partial charge in [-0.25, -0.2) is 4.98 Å². The van der Waals surface area contributed by atoms with Crippen LogP contribution < -0.4 is 4.74 Å². The van der Waals surface area contributed by atoms with Gasteiger partial charge < -0.3 is 4.74 Å². The van der Waals surface area contributed by atoms with Crippen LogP contribution in [-0.4, -0.2) is 11.6 Å². The standard InChI is InChI=1S/C10H11ClN2O/c1-2-3-4-14-10-5-8(11)7-13-9(10)6-12/h5,7H,2-4H2,1H3. The molecule has 0 aliphatic carbocycles. The van der Waals surface area contributed by atoms with Gasteiger partial charge in [0.1, 0.15) is 6.07 Å². The molecule has 0 radical (unpaired) electrons. The summed E-state index contributed by atoms with van der Waals surface area (Å²) < 4.78 is 5.38. The second-order valence-electron chi connectivity index (χ2n) is 2.81. The highest BCUT2D eigenvalue weighted by atomic mass is 35.5. The van der Waals surface area contributed by atoms with Gasteiger partial charge in [-0.3, -0.25) is 0 Å². The molecule has 3 nitrogen and oxygen atoms in total. The monoisotopic (exact) mass is 210 g/mol. The van der Waals surface area contributed by atoms with Crippen LogP contribution in [0.1, 0.15) is 25.5 Å². The minimum atomic E-state index is 0.283. The largest absolute Gasteiger partial charge is 0.490 e. The number of pyridine rings is 1. The Bertz CT molecular complexity index is 346. The molecule has 1 aromatic heterocycles. The Hall–Kier alpha value is -1.27. The quantitative estimate of drug-likeness (QED) is 0.718. The SMILES string of the molecule is CCCCOc1cc(Cl)cnc1C#N. The van der Waals surface area contributed by atoms with E-state index in [0.29, 0.717) is 17.4 Å². The highest BCUT2D eigenvalue weighted by Crippen LogP contribution is 2.20. The minimum absolute atomic E-state index is 0.283. The van der Waals surface area contributed by atoms with E-state index in [1.165, 1.54) is 6.20 Å². The average Bonchev–Trinajstić information content (AvgIpc) is 2.19. The van der Waals surface area contributed by atoms with Gasteiger partial charge in [0, 0.05) is 12.3 Å². The Morgan fingerprint density at radius 2 is 2.43 bits per heavy atom. The van der Waals surface area contributed by atoms with Crippen LogP contribution >= 0.6 is 11.6 Å². The fourth-order valence-electron chi connectivity index (χ4n) is 0.941. The second-order valence-corrected chi connectivity index (χ2v) is 3.25. The lowest BCUT2D eigenvalue weighted by Gasteiger charge is -2.06. The van der Waals surface area contributed by atoms with Crippen LogP contribution in [0.3, 0.4) is 0 Å².